The maximum atomic E-state index is 12.7. The van der Waals surface area contributed by atoms with Gasteiger partial charge in [0.15, 0.2) is 0 Å². The second kappa shape index (κ2) is 8.28. The summed E-state index contributed by atoms with van der Waals surface area (Å²) in [6.07, 6.45) is 2.20. The number of para-hydroxylation sites is 2. The average molecular weight is 406 g/mol. The van der Waals surface area contributed by atoms with Crippen LogP contribution in [0.5, 0.6) is 5.75 Å². The predicted molar refractivity (Wildman–Crippen MR) is 111 cm³/mol. The number of nitrogens with one attached hydrogen (secondary N) is 3. The molecule has 1 fully saturated rings. The number of rotatable bonds is 7. The molecule has 8 heteroatoms. The van der Waals surface area contributed by atoms with Crippen LogP contribution in [0.2, 0.25) is 0 Å². The zero-order chi connectivity index (χ0) is 21.1. The molecule has 154 valence electrons. The molecule has 3 aromatic rings. The van der Waals surface area contributed by atoms with Gasteiger partial charge < -0.3 is 20.4 Å². The molecule has 0 bridgehead atoms. The van der Waals surface area contributed by atoms with Gasteiger partial charge >= 0.3 is 6.03 Å². The predicted octanol–water partition coefficient (Wildman–Crippen LogP) is 1.96. The van der Waals surface area contributed by atoms with E-state index in [1.807, 2.05) is 48.7 Å². The minimum Gasteiger partial charge on any atom is -0.496 e. The van der Waals surface area contributed by atoms with Crippen molar-refractivity contribution in [3.8, 4) is 5.75 Å². The van der Waals surface area contributed by atoms with Crippen LogP contribution < -0.4 is 15.4 Å². The maximum absolute atomic E-state index is 12.7. The average Bonchev–Trinajstić information content (AvgIpc) is 3.29. The van der Waals surface area contributed by atoms with Crippen molar-refractivity contribution >= 4 is 28.7 Å². The number of ether oxygens (including phenoxy) is 1. The fourth-order valence-corrected chi connectivity index (χ4v) is 3.63. The lowest BCUT2D eigenvalue weighted by molar-refractivity contribution is -0.132. The minimum absolute atomic E-state index is 0.241. The summed E-state index contributed by atoms with van der Waals surface area (Å²) < 4.78 is 5.26. The topological polar surface area (TPSA) is 104 Å². The Labute approximate surface area is 173 Å². The summed E-state index contributed by atoms with van der Waals surface area (Å²) in [5, 5.41) is 6.41. The number of carbonyl (C=O) groups excluding carboxylic acids is 3. The highest BCUT2D eigenvalue weighted by molar-refractivity contribution is 6.06. The Balaban J connectivity index is 1.37. The second-order valence-electron chi connectivity index (χ2n) is 7.08. The molecule has 30 heavy (non-hydrogen) atoms. The van der Waals surface area contributed by atoms with E-state index in [2.05, 4.69) is 15.6 Å². The number of methoxy groups -OCH3 is 1. The number of carbonyl (C=O) groups is 3. The van der Waals surface area contributed by atoms with E-state index in [1.165, 1.54) is 0 Å². The van der Waals surface area contributed by atoms with Gasteiger partial charge in [-0.05, 0) is 17.7 Å². The minimum atomic E-state index is -0.696. The number of hydrogen-bond donors (Lipinski definition) is 3. The molecule has 1 aromatic heterocycles. The first kappa shape index (κ1) is 19.5. The fourth-order valence-electron chi connectivity index (χ4n) is 3.63. The lowest BCUT2D eigenvalue weighted by atomic mass is 10.1. The number of aromatic nitrogens is 1. The molecule has 2 aromatic carbocycles. The molecule has 1 aliphatic heterocycles. The third-order valence-electron chi connectivity index (χ3n) is 5.18. The molecular weight excluding hydrogens is 384 g/mol. The molecule has 0 spiro atoms. The Morgan fingerprint density at radius 2 is 1.87 bits per heavy atom. The molecule has 0 aliphatic carbocycles. The number of amides is 4. The van der Waals surface area contributed by atoms with Gasteiger partial charge in [-0.1, -0.05) is 36.4 Å². The molecule has 1 atom stereocenters. The maximum Gasteiger partial charge on any atom is 0.325 e. The van der Waals surface area contributed by atoms with Gasteiger partial charge in [0, 0.05) is 35.6 Å². The third kappa shape index (κ3) is 3.84. The van der Waals surface area contributed by atoms with Crippen molar-refractivity contribution in [2.75, 3.05) is 13.7 Å². The molecule has 1 aliphatic rings. The summed E-state index contributed by atoms with van der Waals surface area (Å²) in [5.41, 5.74) is 2.71. The Bertz CT molecular complexity index is 1110. The number of H-pyrrole nitrogens is 1. The Morgan fingerprint density at radius 1 is 1.10 bits per heavy atom. The standard InChI is InChI=1S/C22H22N4O4/c1-30-19-9-5-2-6-14(19)11-24-20(27)13-26-21(28)18(25-22(26)29)10-15-12-23-17-8-4-3-7-16(15)17/h2-9,12,18,23H,10-11,13H2,1H3,(H,24,27)(H,25,29). The monoisotopic (exact) mass is 406 g/mol. The molecule has 1 unspecified atom stereocenters. The first-order valence-corrected chi connectivity index (χ1v) is 9.62. The summed E-state index contributed by atoms with van der Waals surface area (Å²) in [6, 6.07) is 13.8. The highest BCUT2D eigenvalue weighted by atomic mass is 16.5. The number of fused-ring (bicyclic) bond motifs is 1. The van der Waals surface area contributed by atoms with E-state index in [1.54, 1.807) is 13.2 Å². The molecule has 1 saturated heterocycles. The van der Waals surface area contributed by atoms with Crippen LogP contribution in [0.3, 0.4) is 0 Å². The lowest BCUT2D eigenvalue weighted by Gasteiger charge is -2.14. The van der Waals surface area contributed by atoms with Crippen molar-refractivity contribution in [2.24, 2.45) is 0 Å². The van der Waals surface area contributed by atoms with Crippen LogP contribution in [0.1, 0.15) is 11.1 Å². The Hall–Kier alpha value is -3.81. The number of nitrogens with zero attached hydrogens (tertiary/aromatic N) is 1. The number of urea groups is 1. The second-order valence-corrected chi connectivity index (χ2v) is 7.08. The summed E-state index contributed by atoms with van der Waals surface area (Å²) in [7, 11) is 1.56. The molecule has 3 N–H and O–H groups in total. The third-order valence-corrected chi connectivity index (χ3v) is 5.18. The SMILES string of the molecule is COc1ccccc1CNC(=O)CN1C(=O)NC(Cc2c[nH]c3ccccc23)C1=O. The highest BCUT2D eigenvalue weighted by Crippen LogP contribution is 2.21. The van der Waals surface area contributed by atoms with Gasteiger partial charge in [0.2, 0.25) is 5.91 Å². The molecule has 0 saturated carbocycles. The smallest absolute Gasteiger partial charge is 0.325 e. The van der Waals surface area contributed by atoms with Gasteiger partial charge in [0.25, 0.3) is 5.91 Å². The zero-order valence-electron chi connectivity index (χ0n) is 16.5. The van der Waals surface area contributed by atoms with Crippen molar-refractivity contribution < 1.29 is 19.1 Å². The van der Waals surface area contributed by atoms with E-state index in [-0.39, 0.29) is 13.1 Å². The normalized spacial score (nSPS) is 16.0. The van der Waals surface area contributed by atoms with Crippen LogP contribution >= 0.6 is 0 Å². The van der Waals surface area contributed by atoms with Gasteiger partial charge in [-0.25, -0.2) is 4.79 Å². The van der Waals surface area contributed by atoms with E-state index in [9.17, 15) is 14.4 Å². The summed E-state index contributed by atoms with van der Waals surface area (Å²) in [5.74, 6) is -0.165. The van der Waals surface area contributed by atoms with Crippen LogP contribution in [0.15, 0.2) is 54.7 Å². The fraction of sp³-hybridized carbons (Fsp3) is 0.227. The van der Waals surface area contributed by atoms with E-state index in [0.717, 1.165) is 26.9 Å². The highest BCUT2D eigenvalue weighted by Gasteiger charge is 2.39. The van der Waals surface area contributed by atoms with Gasteiger partial charge in [0.1, 0.15) is 18.3 Å². The largest absolute Gasteiger partial charge is 0.496 e. The van der Waals surface area contributed by atoms with E-state index in [0.29, 0.717) is 12.2 Å². The summed E-state index contributed by atoms with van der Waals surface area (Å²) in [4.78, 5) is 41.5. The first-order valence-electron chi connectivity index (χ1n) is 9.62. The first-order chi connectivity index (χ1) is 14.6. The molecular formula is C22H22N4O4. The quantitative estimate of drug-likeness (QED) is 0.522. The Morgan fingerprint density at radius 3 is 2.70 bits per heavy atom. The molecule has 8 nitrogen and oxygen atoms in total. The van der Waals surface area contributed by atoms with Gasteiger partial charge in [-0.2, -0.15) is 0 Å². The number of imide groups is 1. The van der Waals surface area contributed by atoms with Gasteiger partial charge in [-0.3, -0.25) is 14.5 Å². The van der Waals surface area contributed by atoms with Gasteiger partial charge in [0.05, 0.1) is 7.11 Å². The van der Waals surface area contributed by atoms with E-state index < -0.39 is 23.9 Å². The van der Waals surface area contributed by atoms with Crippen molar-refractivity contribution in [3.63, 3.8) is 0 Å². The van der Waals surface area contributed by atoms with Crippen molar-refractivity contribution in [1.82, 2.24) is 20.5 Å². The molecule has 4 amide bonds. The summed E-state index contributed by atoms with van der Waals surface area (Å²) >= 11 is 0. The number of benzene rings is 2. The van der Waals surface area contributed by atoms with E-state index in [4.69, 9.17) is 4.74 Å². The van der Waals surface area contributed by atoms with Gasteiger partial charge in [-0.15, -0.1) is 0 Å². The Kier molecular flexibility index (Phi) is 5.38. The van der Waals surface area contributed by atoms with Crippen molar-refractivity contribution in [3.05, 3.63) is 65.9 Å². The van der Waals surface area contributed by atoms with E-state index >= 15 is 0 Å². The zero-order valence-corrected chi connectivity index (χ0v) is 16.5. The van der Waals surface area contributed by atoms with Crippen LogP contribution in [0.25, 0.3) is 10.9 Å². The number of aromatic amines is 1. The lowest BCUT2D eigenvalue weighted by Crippen LogP contribution is -2.41. The summed E-state index contributed by atoms with van der Waals surface area (Å²) in [6.45, 7) is -0.0878. The van der Waals surface area contributed by atoms with Crippen molar-refractivity contribution in [1.29, 1.82) is 0 Å². The van der Waals surface area contributed by atoms with Crippen molar-refractivity contribution in [2.45, 2.75) is 19.0 Å². The molecule has 0 radical (unpaired) electrons. The van der Waals surface area contributed by atoms with Crippen LogP contribution in [0.4, 0.5) is 4.79 Å². The number of hydrogen-bond acceptors (Lipinski definition) is 4. The molecule has 2 heterocycles. The van der Waals surface area contributed by atoms with Crippen LogP contribution in [-0.2, 0) is 22.6 Å². The van der Waals surface area contributed by atoms with Crippen LogP contribution in [0, 0.1) is 0 Å². The molecule has 4 rings (SSSR count). The van der Waals surface area contributed by atoms with Crippen LogP contribution in [-0.4, -0.2) is 47.4 Å².